The van der Waals surface area contributed by atoms with Crippen molar-refractivity contribution in [2.45, 2.75) is 64.6 Å². The van der Waals surface area contributed by atoms with E-state index in [4.69, 9.17) is 18.9 Å². The third-order valence-corrected chi connectivity index (χ3v) is 5.15. The van der Waals surface area contributed by atoms with Crippen molar-refractivity contribution in [3.8, 4) is 0 Å². The van der Waals surface area contributed by atoms with Gasteiger partial charge >= 0.3 is 24.1 Å². The quantitative estimate of drug-likeness (QED) is 0.246. The van der Waals surface area contributed by atoms with Crippen molar-refractivity contribution in [2.75, 3.05) is 26.3 Å². The molecule has 0 saturated heterocycles. The van der Waals surface area contributed by atoms with E-state index >= 15 is 0 Å². The highest BCUT2D eigenvalue weighted by atomic mass is 16.6. The Kier molecular flexibility index (Phi) is 11.6. The summed E-state index contributed by atoms with van der Waals surface area (Å²) in [6.45, 7) is 14.0. The molecule has 2 amide bonds. The summed E-state index contributed by atoms with van der Waals surface area (Å²) < 4.78 is 20.6. The molecule has 0 bridgehead atoms. The molecule has 0 spiro atoms. The molecule has 192 valence electrons. The monoisotopic (exact) mass is 482 g/mol. The van der Waals surface area contributed by atoms with Crippen LogP contribution in [0.25, 0.3) is 0 Å². The van der Waals surface area contributed by atoms with Gasteiger partial charge in [-0.3, -0.25) is 0 Å². The van der Waals surface area contributed by atoms with E-state index in [1.54, 1.807) is 27.7 Å². The number of hydrogen-bond acceptors (Lipinski definition) is 8. The van der Waals surface area contributed by atoms with Gasteiger partial charge in [0.05, 0.1) is 0 Å². The molecule has 2 atom stereocenters. The summed E-state index contributed by atoms with van der Waals surface area (Å²) in [7, 11) is 0. The number of rotatable bonds is 12. The van der Waals surface area contributed by atoms with Gasteiger partial charge in [-0.25, -0.2) is 19.2 Å². The topological polar surface area (TPSA) is 129 Å². The van der Waals surface area contributed by atoms with Gasteiger partial charge in [-0.2, -0.15) is 0 Å². The van der Waals surface area contributed by atoms with Crippen molar-refractivity contribution in [3.05, 3.63) is 25.3 Å². The molecule has 0 heterocycles. The van der Waals surface area contributed by atoms with Gasteiger partial charge in [0.25, 0.3) is 0 Å². The van der Waals surface area contributed by atoms with E-state index in [0.29, 0.717) is 13.1 Å². The Balaban J connectivity index is 2.31. The summed E-state index contributed by atoms with van der Waals surface area (Å²) in [6.07, 6.45) is 4.70. The molecular formula is C24H38N2O8. The molecule has 1 aliphatic rings. The molecule has 0 aliphatic heterocycles. The van der Waals surface area contributed by atoms with Crippen molar-refractivity contribution in [1.29, 1.82) is 0 Å². The van der Waals surface area contributed by atoms with Crippen LogP contribution in [-0.4, -0.2) is 61.6 Å². The zero-order valence-corrected chi connectivity index (χ0v) is 20.6. The van der Waals surface area contributed by atoms with Crippen LogP contribution in [-0.2, 0) is 28.5 Å². The molecule has 1 rings (SSSR count). The van der Waals surface area contributed by atoms with Gasteiger partial charge in [0.1, 0.15) is 24.4 Å². The molecule has 0 radical (unpaired) electrons. The maximum atomic E-state index is 12.0. The lowest BCUT2D eigenvalue weighted by molar-refractivity contribution is -0.154. The number of carbonyl (C=O) groups excluding carboxylic acids is 4. The molecule has 2 N–H and O–H groups in total. The Hall–Kier alpha value is -3.04. The summed E-state index contributed by atoms with van der Waals surface area (Å²) in [5.41, 5.74) is -1.91. The van der Waals surface area contributed by atoms with E-state index in [9.17, 15) is 19.2 Å². The fraction of sp³-hybridized carbons (Fsp3) is 0.667. The van der Waals surface area contributed by atoms with Crippen LogP contribution in [0.15, 0.2) is 25.3 Å². The summed E-state index contributed by atoms with van der Waals surface area (Å²) in [5, 5.41) is 5.51. The highest BCUT2D eigenvalue weighted by Gasteiger charge is 2.27. The normalized spacial score (nSPS) is 18.1. The molecule has 1 fully saturated rings. The SMILES string of the molecule is C=CC(=O)OC(C)(C)COC(=O)NCC1CCCC(CNC(=O)OCC(C)(C)OC(=O)C=C)C1. The first-order valence-electron chi connectivity index (χ1n) is 11.4. The summed E-state index contributed by atoms with van der Waals surface area (Å²) in [4.78, 5) is 46.7. The van der Waals surface area contributed by atoms with Gasteiger partial charge in [0.2, 0.25) is 0 Å². The minimum Gasteiger partial charge on any atom is -0.453 e. The lowest BCUT2D eigenvalue weighted by Crippen LogP contribution is -2.39. The number of hydrogen-bond donors (Lipinski definition) is 2. The molecule has 1 aliphatic carbocycles. The predicted molar refractivity (Wildman–Crippen MR) is 125 cm³/mol. The van der Waals surface area contributed by atoms with Crippen LogP contribution in [0.4, 0.5) is 9.59 Å². The number of carbonyl (C=O) groups is 4. The number of alkyl carbamates (subject to hydrolysis) is 2. The Morgan fingerprint density at radius 2 is 1.18 bits per heavy atom. The maximum Gasteiger partial charge on any atom is 0.407 e. The average Bonchev–Trinajstić information content (AvgIpc) is 2.78. The standard InChI is InChI=1S/C24H38N2O8/c1-7-19(27)33-23(3,4)15-31-21(29)25-13-17-10-9-11-18(12-17)14-26-22(30)32-16-24(5,6)34-20(28)8-2/h7-8,17-18H,1-2,9-16H2,3-6H3,(H,25,29)(H,26,30). The fourth-order valence-corrected chi connectivity index (χ4v) is 3.50. The lowest BCUT2D eigenvalue weighted by atomic mass is 9.81. The van der Waals surface area contributed by atoms with Gasteiger partial charge in [-0.1, -0.05) is 19.6 Å². The van der Waals surface area contributed by atoms with Crippen molar-refractivity contribution in [1.82, 2.24) is 10.6 Å². The number of ether oxygens (including phenoxy) is 4. The molecule has 1 saturated carbocycles. The zero-order chi connectivity index (χ0) is 25.8. The molecule has 0 aromatic rings. The number of nitrogens with one attached hydrogen (secondary N) is 2. The second kappa shape index (κ2) is 13.6. The van der Waals surface area contributed by atoms with E-state index in [1.165, 1.54) is 0 Å². The van der Waals surface area contributed by atoms with Crippen molar-refractivity contribution in [3.63, 3.8) is 0 Å². The Morgan fingerprint density at radius 3 is 1.53 bits per heavy atom. The summed E-state index contributed by atoms with van der Waals surface area (Å²) in [5.74, 6) is -0.653. The first-order valence-corrected chi connectivity index (χ1v) is 11.4. The smallest absolute Gasteiger partial charge is 0.407 e. The highest BCUT2D eigenvalue weighted by Crippen LogP contribution is 2.28. The van der Waals surface area contributed by atoms with E-state index in [0.717, 1.165) is 37.8 Å². The molecular weight excluding hydrogens is 444 g/mol. The number of esters is 2. The largest absolute Gasteiger partial charge is 0.453 e. The molecule has 0 aromatic carbocycles. The van der Waals surface area contributed by atoms with E-state index in [-0.39, 0.29) is 25.0 Å². The first-order chi connectivity index (χ1) is 15.9. The molecule has 10 nitrogen and oxygen atoms in total. The maximum absolute atomic E-state index is 12.0. The van der Waals surface area contributed by atoms with Crippen LogP contribution < -0.4 is 10.6 Å². The lowest BCUT2D eigenvalue weighted by Gasteiger charge is -2.29. The Labute approximate surface area is 201 Å². The van der Waals surface area contributed by atoms with Crippen molar-refractivity contribution < 1.29 is 38.1 Å². The van der Waals surface area contributed by atoms with Gasteiger partial charge in [-0.05, 0) is 58.8 Å². The average molecular weight is 483 g/mol. The molecule has 34 heavy (non-hydrogen) atoms. The van der Waals surface area contributed by atoms with Gasteiger partial charge in [-0.15, -0.1) is 0 Å². The van der Waals surface area contributed by atoms with E-state index < -0.39 is 35.3 Å². The van der Waals surface area contributed by atoms with Gasteiger partial charge < -0.3 is 29.6 Å². The minimum atomic E-state index is -0.957. The predicted octanol–water partition coefficient (Wildman–Crippen LogP) is 3.26. The second-order valence-corrected chi connectivity index (χ2v) is 9.58. The van der Waals surface area contributed by atoms with Crippen LogP contribution in [0.3, 0.4) is 0 Å². The number of amides is 2. The fourth-order valence-electron chi connectivity index (χ4n) is 3.50. The third-order valence-electron chi connectivity index (χ3n) is 5.15. The molecule has 0 aromatic heterocycles. The van der Waals surface area contributed by atoms with Crippen LogP contribution in [0.2, 0.25) is 0 Å². The third kappa shape index (κ3) is 12.3. The minimum absolute atomic E-state index is 0.0820. The second-order valence-electron chi connectivity index (χ2n) is 9.58. The summed E-state index contributed by atoms with van der Waals surface area (Å²) in [6, 6.07) is 0. The van der Waals surface area contributed by atoms with Crippen LogP contribution in [0, 0.1) is 11.8 Å². The molecule has 2 unspecified atom stereocenters. The first kappa shape index (κ1) is 29.0. The van der Waals surface area contributed by atoms with Crippen molar-refractivity contribution >= 4 is 24.1 Å². The van der Waals surface area contributed by atoms with Gasteiger partial charge in [0, 0.05) is 25.2 Å². The Morgan fingerprint density at radius 1 is 0.794 bits per heavy atom. The summed E-state index contributed by atoms with van der Waals surface area (Å²) >= 11 is 0. The highest BCUT2D eigenvalue weighted by molar-refractivity contribution is 5.82. The Bertz CT molecular complexity index is 687. The van der Waals surface area contributed by atoms with Crippen LogP contribution in [0.1, 0.15) is 53.4 Å². The molecule has 10 heteroatoms. The zero-order valence-electron chi connectivity index (χ0n) is 20.6. The van der Waals surface area contributed by atoms with E-state index in [1.807, 2.05) is 0 Å². The van der Waals surface area contributed by atoms with Gasteiger partial charge in [0.15, 0.2) is 0 Å². The van der Waals surface area contributed by atoms with Crippen LogP contribution in [0.5, 0.6) is 0 Å². The van der Waals surface area contributed by atoms with Crippen LogP contribution >= 0.6 is 0 Å². The van der Waals surface area contributed by atoms with Crippen molar-refractivity contribution in [2.24, 2.45) is 11.8 Å². The van der Waals surface area contributed by atoms with E-state index in [2.05, 4.69) is 23.8 Å².